The zero-order valence-electron chi connectivity index (χ0n) is 15.7. The topological polar surface area (TPSA) is 0 Å². The van der Waals surface area contributed by atoms with Crippen LogP contribution < -0.4 is 0 Å². The molecule has 1 fully saturated rings. The molecule has 0 aromatic heterocycles. The van der Waals surface area contributed by atoms with Gasteiger partial charge in [0.2, 0.25) is 0 Å². The summed E-state index contributed by atoms with van der Waals surface area (Å²) in [5.74, 6) is 7.27. The van der Waals surface area contributed by atoms with Crippen molar-refractivity contribution >= 4 is 0 Å². The van der Waals surface area contributed by atoms with Crippen LogP contribution in [-0.4, -0.2) is 0 Å². The van der Waals surface area contributed by atoms with E-state index in [9.17, 15) is 4.39 Å². The highest BCUT2D eigenvalue weighted by Crippen LogP contribution is 2.35. The van der Waals surface area contributed by atoms with Crippen LogP contribution in [-0.2, 0) is 0 Å². The molecule has 2 aromatic carbocycles. The van der Waals surface area contributed by atoms with E-state index in [1.54, 1.807) is 6.07 Å². The van der Waals surface area contributed by atoms with E-state index in [1.165, 1.54) is 42.4 Å². The van der Waals surface area contributed by atoms with Gasteiger partial charge < -0.3 is 0 Å². The number of hydrogen-bond acceptors (Lipinski definition) is 0. The fourth-order valence-corrected chi connectivity index (χ4v) is 3.73. The lowest BCUT2D eigenvalue weighted by atomic mass is 9.79. The molecule has 1 heteroatoms. The van der Waals surface area contributed by atoms with Gasteiger partial charge in [0.05, 0.1) is 5.56 Å². The zero-order chi connectivity index (χ0) is 18.0. The SMILES string of the molecule is Cc1cc(C#Cc2ccc(C3CCC(C)CC3)cc2F)cc(C)c1C. The molecule has 0 unspecified atom stereocenters. The molecule has 0 radical (unpaired) electrons. The maximum absolute atomic E-state index is 14.5. The molecule has 3 rings (SSSR count). The zero-order valence-corrected chi connectivity index (χ0v) is 15.7. The fraction of sp³-hybridized carbons (Fsp3) is 0.417. The van der Waals surface area contributed by atoms with Gasteiger partial charge in [0, 0.05) is 5.56 Å². The highest BCUT2D eigenvalue weighted by atomic mass is 19.1. The Kier molecular flexibility index (Phi) is 5.28. The molecule has 0 N–H and O–H groups in total. The van der Waals surface area contributed by atoms with Crippen LogP contribution in [0, 0.1) is 44.3 Å². The lowest BCUT2D eigenvalue weighted by Gasteiger charge is -2.26. The van der Waals surface area contributed by atoms with Crippen molar-refractivity contribution in [2.75, 3.05) is 0 Å². The lowest BCUT2D eigenvalue weighted by Crippen LogP contribution is -2.11. The van der Waals surface area contributed by atoms with Gasteiger partial charge in [0.25, 0.3) is 0 Å². The molecule has 0 bridgehead atoms. The molecule has 1 aliphatic rings. The molecule has 0 nitrogen and oxygen atoms in total. The Morgan fingerprint density at radius 1 is 0.880 bits per heavy atom. The molecule has 1 saturated carbocycles. The number of benzene rings is 2. The summed E-state index contributed by atoms with van der Waals surface area (Å²) in [6, 6.07) is 9.77. The van der Waals surface area contributed by atoms with Crippen LogP contribution >= 0.6 is 0 Å². The van der Waals surface area contributed by atoms with Crippen molar-refractivity contribution in [2.24, 2.45) is 5.92 Å². The average molecular weight is 334 g/mol. The third-order valence-electron chi connectivity index (χ3n) is 5.75. The molecule has 25 heavy (non-hydrogen) atoms. The first kappa shape index (κ1) is 17.7. The highest BCUT2D eigenvalue weighted by molar-refractivity contribution is 5.48. The normalized spacial score (nSPS) is 20.0. The van der Waals surface area contributed by atoms with E-state index < -0.39 is 0 Å². The maximum atomic E-state index is 14.5. The van der Waals surface area contributed by atoms with Gasteiger partial charge in [-0.2, -0.15) is 0 Å². The molecule has 0 atom stereocenters. The van der Waals surface area contributed by atoms with E-state index in [4.69, 9.17) is 0 Å². The second kappa shape index (κ2) is 7.44. The minimum absolute atomic E-state index is 0.191. The highest BCUT2D eigenvalue weighted by Gasteiger charge is 2.20. The first-order valence-corrected chi connectivity index (χ1v) is 9.33. The van der Waals surface area contributed by atoms with Gasteiger partial charge in [-0.15, -0.1) is 0 Å². The summed E-state index contributed by atoms with van der Waals surface area (Å²) in [6.07, 6.45) is 4.85. The van der Waals surface area contributed by atoms with E-state index >= 15 is 0 Å². The standard InChI is InChI=1S/C24H27F/c1-16-5-8-21(9-6-16)23-12-11-22(24(25)15-23)10-7-20-13-17(2)19(4)18(3)14-20/h11-16,21H,5-6,8-9H2,1-4H3. The minimum Gasteiger partial charge on any atom is -0.206 e. The molecule has 1 aliphatic carbocycles. The number of halogens is 1. The van der Waals surface area contributed by atoms with Crippen LogP contribution in [0.25, 0.3) is 0 Å². The molecular weight excluding hydrogens is 307 g/mol. The quantitative estimate of drug-likeness (QED) is 0.526. The van der Waals surface area contributed by atoms with Gasteiger partial charge in [-0.3, -0.25) is 0 Å². The van der Waals surface area contributed by atoms with Crippen LogP contribution in [0.1, 0.15) is 71.9 Å². The summed E-state index contributed by atoms with van der Waals surface area (Å²) in [7, 11) is 0. The molecule has 0 aliphatic heterocycles. The number of aryl methyl sites for hydroxylation is 2. The Hall–Kier alpha value is -2.07. The molecule has 2 aromatic rings. The summed E-state index contributed by atoms with van der Waals surface area (Å²) >= 11 is 0. The van der Waals surface area contributed by atoms with E-state index in [-0.39, 0.29) is 5.82 Å². The van der Waals surface area contributed by atoms with E-state index in [1.807, 2.05) is 6.07 Å². The van der Waals surface area contributed by atoms with Crippen molar-refractivity contribution < 1.29 is 4.39 Å². The molecule has 130 valence electrons. The van der Waals surface area contributed by atoms with Crippen molar-refractivity contribution in [1.29, 1.82) is 0 Å². The fourth-order valence-electron chi connectivity index (χ4n) is 3.73. The van der Waals surface area contributed by atoms with Gasteiger partial charge in [-0.25, -0.2) is 4.39 Å². The Morgan fingerprint density at radius 2 is 1.52 bits per heavy atom. The summed E-state index contributed by atoms with van der Waals surface area (Å²) in [5.41, 5.74) is 6.33. The predicted octanol–water partition coefficient (Wildman–Crippen LogP) is 6.44. The summed E-state index contributed by atoms with van der Waals surface area (Å²) in [6.45, 7) is 8.61. The number of rotatable bonds is 1. The summed E-state index contributed by atoms with van der Waals surface area (Å²) < 4.78 is 14.5. The van der Waals surface area contributed by atoms with Gasteiger partial charge in [-0.05, 0) is 92.0 Å². The Bertz CT molecular complexity index is 804. The average Bonchev–Trinajstić information content (AvgIpc) is 2.59. The summed E-state index contributed by atoms with van der Waals surface area (Å²) in [5, 5.41) is 0. The smallest absolute Gasteiger partial charge is 0.139 e. The molecule has 0 heterocycles. The van der Waals surface area contributed by atoms with Crippen LogP contribution in [0.5, 0.6) is 0 Å². The largest absolute Gasteiger partial charge is 0.206 e. The minimum atomic E-state index is -0.191. The van der Waals surface area contributed by atoms with E-state index in [2.05, 4.69) is 57.7 Å². The van der Waals surface area contributed by atoms with Crippen molar-refractivity contribution in [3.05, 3.63) is 69.5 Å². The summed E-state index contributed by atoms with van der Waals surface area (Å²) in [4.78, 5) is 0. The second-order valence-electron chi connectivity index (χ2n) is 7.68. The third-order valence-corrected chi connectivity index (χ3v) is 5.75. The first-order chi connectivity index (χ1) is 11.9. The van der Waals surface area contributed by atoms with Crippen LogP contribution in [0.15, 0.2) is 30.3 Å². The second-order valence-corrected chi connectivity index (χ2v) is 7.68. The molecule has 0 saturated heterocycles. The van der Waals surface area contributed by atoms with Gasteiger partial charge in [0.1, 0.15) is 5.82 Å². The van der Waals surface area contributed by atoms with Crippen LogP contribution in [0.3, 0.4) is 0 Å². The van der Waals surface area contributed by atoms with E-state index in [0.717, 1.165) is 17.0 Å². The molecule has 0 amide bonds. The maximum Gasteiger partial charge on any atom is 0.139 e. The monoisotopic (exact) mass is 334 g/mol. The predicted molar refractivity (Wildman–Crippen MR) is 103 cm³/mol. The molecule has 0 spiro atoms. The third kappa shape index (κ3) is 4.13. The van der Waals surface area contributed by atoms with E-state index in [0.29, 0.717) is 11.5 Å². The number of hydrogen-bond donors (Lipinski definition) is 0. The Morgan fingerprint density at radius 3 is 2.12 bits per heavy atom. The van der Waals surface area contributed by atoms with Crippen LogP contribution in [0.2, 0.25) is 0 Å². The lowest BCUT2D eigenvalue weighted by molar-refractivity contribution is 0.347. The van der Waals surface area contributed by atoms with Crippen molar-refractivity contribution in [3.8, 4) is 11.8 Å². The van der Waals surface area contributed by atoms with Gasteiger partial charge in [0.15, 0.2) is 0 Å². The van der Waals surface area contributed by atoms with Crippen molar-refractivity contribution in [2.45, 2.75) is 59.3 Å². The first-order valence-electron chi connectivity index (χ1n) is 9.33. The van der Waals surface area contributed by atoms with Crippen molar-refractivity contribution in [3.63, 3.8) is 0 Å². The van der Waals surface area contributed by atoms with Crippen LogP contribution in [0.4, 0.5) is 4.39 Å². The Balaban J connectivity index is 1.81. The Labute approximate surface area is 151 Å². The van der Waals surface area contributed by atoms with Gasteiger partial charge in [-0.1, -0.05) is 37.7 Å². The molecular formula is C24H27F. The van der Waals surface area contributed by atoms with Gasteiger partial charge >= 0.3 is 0 Å². The van der Waals surface area contributed by atoms with Crippen molar-refractivity contribution in [1.82, 2.24) is 0 Å².